The Morgan fingerprint density at radius 2 is 2.15 bits per heavy atom. The Kier molecular flexibility index (Phi) is 4.29. The predicted molar refractivity (Wildman–Crippen MR) is 79.2 cm³/mol. The van der Waals surface area contributed by atoms with Gasteiger partial charge in [0.1, 0.15) is 5.76 Å². The summed E-state index contributed by atoms with van der Waals surface area (Å²) >= 11 is 3.36. The molecule has 1 aromatic heterocycles. The molecule has 1 aromatic carbocycles. The summed E-state index contributed by atoms with van der Waals surface area (Å²) in [7, 11) is 1.47. The van der Waals surface area contributed by atoms with Gasteiger partial charge in [-0.15, -0.1) is 0 Å². The quantitative estimate of drug-likeness (QED) is 0.678. The smallest absolute Gasteiger partial charge is 0.221 e. The van der Waals surface area contributed by atoms with Gasteiger partial charge >= 0.3 is 0 Å². The molecule has 0 aliphatic heterocycles. The fourth-order valence-electron chi connectivity index (χ4n) is 1.67. The van der Waals surface area contributed by atoms with Crippen LogP contribution in [0.3, 0.4) is 0 Å². The second kappa shape index (κ2) is 5.96. The molecule has 0 spiro atoms. The van der Waals surface area contributed by atoms with Crippen molar-refractivity contribution in [2.24, 2.45) is 0 Å². The number of carbonyl (C=O) groups excluding carboxylic acids is 1. The van der Waals surface area contributed by atoms with Gasteiger partial charge in [-0.1, -0.05) is 15.9 Å². The molecule has 0 fully saturated rings. The Balaban J connectivity index is 2.23. The largest absolute Gasteiger partial charge is 0.504 e. The zero-order chi connectivity index (χ0) is 14.7. The van der Waals surface area contributed by atoms with Crippen LogP contribution in [0, 0.1) is 6.92 Å². The molecule has 104 valence electrons. The van der Waals surface area contributed by atoms with E-state index < -0.39 is 0 Å². The number of aromatic hydroxyl groups is 1. The van der Waals surface area contributed by atoms with Crippen LogP contribution in [0.5, 0.6) is 11.5 Å². The molecule has 0 amide bonds. The van der Waals surface area contributed by atoms with Crippen molar-refractivity contribution in [1.29, 1.82) is 0 Å². The number of phenolic OH excluding ortho intramolecular Hbond substituents is 1. The van der Waals surface area contributed by atoms with E-state index in [-0.39, 0.29) is 17.3 Å². The molecule has 0 bridgehead atoms. The Morgan fingerprint density at radius 1 is 1.40 bits per heavy atom. The van der Waals surface area contributed by atoms with E-state index in [1.807, 2.05) is 0 Å². The fourth-order valence-corrected chi connectivity index (χ4v) is 2.12. The highest BCUT2D eigenvalue weighted by Gasteiger charge is 2.09. The van der Waals surface area contributed by atoms with E-state index in [0.717, 1.165) is 0 Å². The van der Waals surface area contributed by atoms with Crippen molar-refractivity contribution < 1.29 is 19.1 Å². The van der Waals surface area contributed by atoms with Crippen molar-refractivity contribution >= 4 is 27.8 Å². The Morgan fingerprint density at radius 3 is 2.75 bits per heavy atom. The molecule has 5 heteroatoms. The van der Waals surface area contributed by atoms with Crippen molar-refractivity contribution in [2.45, 2.75) is 6.92 Å². The van der Waals surface area contributed by atoms with Crippen molar-refractivity contribution in [1.82, 2.24) is 0 Å². The maximum Gasteiger partial charge on any atom is 0.221 e. The summed E-state index contributed by atoms with van der Waals surface area (Å²) in [6.45, 7) is 1.78. The van der Waals surface area contributed by atoms with E-state index in [9.17, 15) is 9.90 Å². The molecule has 20 heavy (non-hydrogen) atoms. The van der Waals surface area contributed by atoms with Gasteiger partial charge in [0.15, 0.2) is 17.3 Å². The van der Waals surface area contributed by atoms with Crippen LogP contribution in [0.1, 0.15) is 21.9 Å². The topological polar surface area (TPSA) is 59.7 Å². The lowest BCUT2D eigenvalue weighted by Gasteiger charge is -2.06. The normalized spacial score (nSPS) is 10.9. The monoisotopic (exact) mass is 336 g/mol. The molecule has 0 aliphatic carbocycles. The van der Waals surface area contributed by atoms with Gasteiger partial charge < -0.3 is 14.3 Å². The van der Waals surface area contributed by atoms with E-state index in [2.05, 4.69) is 15.9 Å². The van der Waals surface area contributed by atoms with Crippen LogP contribution in [-0.4, -0.2) is 18.0 Å². The number of ketones is 1. The zero-order valence-electron chi connectivity index (χ0n) is 11.0. The third-order valence-corrected chi connectivity index (χ3v) is 3.38. The first kappa shape index (κ1) is 14.4. The van der Waals surface area contributed by atoms with Gasteiger partial charge in [-0.2, -0.15) is 0 Å². The van der Waals surface area contributed by atoms with Crippen LogP contribution >= 0.6 is 15.9 Å². The summed E-state index contributed by atoms with van der Waals surface area (Å²) in [5.74, 6) is 1.11. The number of halogens is 1. The average molecular weight is 337 g/mol. The third kappa shape index (κ3) is 3.11. The van der Waals surface area contributed by atoms with E-state index in [0.29, 0.717) is 21.5 Å². The van der Waals surface area contributed by atoms with Crippen molar-refractivity contribution in [2.75, 3.05) is 7.11 Å². The van der Waals surface area contributed by atoms with Gasteiger partial charge in [0.25, 0.3) is 0 Å². The van der Waals surface area contributed by atoms with E-state index >= 15 is 0 Å². The molecule has 0 saturated carbocycles. The summed E-state index contributed by atoms with van der Waals surface area (Å²) in [4.78, 5) is 11.9. The molecule has 2 aromatic rings. The molecule has 0 atom stereocenters. The first-order valence-electron chi connectivity index (χ1n) is 5.86. The van der Waals surface area contributed by atoms with E-state index in [4.69, 9.17) is 9.15 Å². The van der Waals surface area contributed by atoms with Gasteiger partial charge in [0.2, 0.25) is 5.78 Å². The maximum atomic E-state index is 11.9. The molecule has 0 aliphatic rings. The maximum absolute atomic E-state index is 11.9. The summed E-state index contributed by atoms with van der Waals surface area (Å²) in [5.41, 5.74) is 0.667. The molecule has 1 heterocycles. The summed E-state index contributed by atoms with van der Waals surface area (Å²) in [6, 6.07) is 6.51. The number of phenols is 1. The second-order valence-electron chi connectivity index (χ2n) is 4.15. The van der Waals surface area contributed by atoms with Gasteiger partial charge in [0, 0.05) is 4.47 Å². The summed E-state index contributed by atoms with van der Waals surface area (Å²) in [6.07, 6.45) is 2.99. The lowest BCUT2D eigenvalue weighted by molar-refractivity contribution is 0.102. The zero-order valence-corrected chi connectivity index (χ0v) is 12.6. The highest BCUT2D eigenvalue weighted by atomic mass is 79.9. The minimum absolute atomic E-state index is 0.0108. The minimum atomic E-state index is -0.236. The van der Waals surface area contributed by atoms with Crippen LogP contribution in [0.15, 0.2) is 39.2 Å². The number of benzene rings is 1. The van der Waals surface area contributed by atoms with Crippen LogP contribution in [0.4, 0.5) is 0 Å². The Labute approximate surface area is 124 Å². The molecule has 0 saturated heterocycles. The molecule has 1 N–H and O–H groups in total. The minimum Gasteiger partial charge on any atom is -0.504 e. The standard InChI is InChI=1S/C15H13BrO4/c1-9-3-6-14(20-9)12(17)5-4-10-7-13(18)15(19-2)8-11(10)16/h3-8,18H,1-2H3/b5-4+. The highest BCUT2D eigenvalue weighted by Crippen LogP contribution is 2.33. The Hall–Kier alpha value is -2.01. The number of ether oxygens (including phenoxy) is 1. The van der Waals surface area contributed by atoms with Crippen LogP contribution in [0.25, 0.3) is 6.08 Å². The number of allylic oxidation sites excluding steroid dienone is 1. The number of carbonyl (C=O) groups is 1. The number of aryl methyl sites for hydroxylation is 1. The van der Waals surface area contributed by atoms with Crippen molar-refractivity contribution in [3.05, 3.63) is 51.9 Å². The first-order chi connectivity index (χ1) is 9.51. The predicted octanol–water partition coefficient (Wildman–Crippen LogP) is 3.96. The number of methoxy groups -OCH3 is 1. The first-order valence-corrected chi connectivity index (χ1v) is 6.66. The third-order valence-electron chi connectivity index (χ3n) is 2.70. The van der Waals surface area contributed by atoms with Crippen LogP contribution in [0.2, 0.25) is 0 Å². The molecule has 0 radical (unpaired) electrons. The summed E-state index contributed by atoms with van der Waals surface area (Å²) in [5, 5.41) is 9.72. The highest BCUT2D eigenvalue weighted by molar-refractivity contribution is 9.10. The van der Waals surface area contributed by atoms with E-state index in [1.54, 1.807) is 31.2 Å². The summed E-state index contributed by atoms with van der Waals surface area (Å²) < 4.78 is 10.9. The molecule has 4 nitrogen and oxygen atoms in total. The Bertz CT molecular complexity index is 671. The molecule has 2 rings (SSSR count). The molecule has 0 unspecified atom stereocenters. The second-order valence-corrected chi connectivity index (χ2v) is 5.01. The average Bonchev–Trinajstić information content (AvgIpc) is 2.85. The van der Waals surface area contributed by atoms with Gasteiger partial charge in [0.05, 0.1) is 7.11 Å². The lowest BCUT2D eigenvalue weighted by Crippen LogP contribution is -1.91. The number of hydrogen-bond donors (Lipinski definition) is 1. The molecular weight excluding hydrogens is 324 g/mol. The van der Waals surface area contributed by atoms with Gasteiger partial charge in [-0.3, -0.25) is 4.79 Å². The van der Waals surface area contributed by atoms with Gasteiger partial charge in [-0.05, 0) is 48.9 Å². The van der Waals surface area contributed by atoms with Gasteiger partial charge in [-0.25, -0.2) is 0 Å². The lowest BCUT2D eigenvalue weighted by atomic mass is 10.1. The fraction of sp³-hybridized carbons (Fsp3) is 0.133. The molecular formula is C15H13BrO4. The van der Waals surface area contributed by atoms with Crippen molar-refractivity contribution in [3.63, 3.8) is 0 Å². The van der Waals surface area contributed by atoms with Crippen molar-refractivity contribution in [3.8, 4) is 11.5 Å². The number of furan rings is 1. The SMILES string of the molecule is COc1cc(Br)c(/C=C/C(=O)c2ccc(C)o2)cc1O. The number of hydrogen-bond acceptors (Lipinski definition) is 4. The van der Waals surface area contributed by atoms with Crippen LogP contribution in [-0.2, 0) is 0 Å². The number of rotatable bonds is 4. The van der Waals surface area contributed by atoms with Crippen LogP contribution < -0.4 is 4.74 Å². The van der Waals surface area contributed by atoms with E-state index in [1.165, 1.54) is 19.3 Å².